The highest BCUT2D eigenvalue weighted by Crippen LogP contribution is 2.24. The third kappa shape index (κ3) is 5.00. The lowest BCUT2D eigenvalue weighted by atomic mass is 10.1. The fourth-order valence-electron chi connectivity index (χ4n) is 1.41. The van der Waals surface area contributed by atoms with Crippen molar-refractivity contribution in [2.45, 2.75) is 32.9 Å². The average molecular weight is 288 g/mol. The van der Waals surface area contributed by atoms with Gasteiger partial charge in [-0.2, -0.15) is 8.78 Å². The third-order valence-corrected chi connectivity index (χ3v) is 2.51. The minimum atomic E-state index is -2.92. The number of anilines is 1. The van der Waals surface area contributed by atoms with Crippen LogP contribution < -0.4 is 15.4 Å². The zero-order chi connectivity index (χ0) is 15.3. The Morgan fingerprint density at radius 3 is 2.65 bits per heavy atom. The molecule has 0 unspecified atom stereocenters. The summed E-state index contributed by atoms with van der Waals surface area (Å²) in [7, 11) is 0. The first-order valence-electron chi connectivity index (χ1n) is 5.99. The fraction of sp³-hybridized carbons (Fsp3) is 0.462. The van der Waals surface area contributed by atoms with Crippen molar-refractivity contribution in [3.63, 3.8) is 0 Å². The number of aliphatic hydroxyl groups is 1. The van der Waals surface area contributed by atoms with Gasteiger partial charge in [-0.15, -0.1) is 0 Å². The summed E-state index contributed by atoms with van der Waals surface area (Å²) in [6.45, 7) is 1.76. The number of ether oxygens (including phenoxy) is 1. The lowest BCUT2D eigenvalue weighted by molar-refractivity contribution is -0.0502. The molecule has 0 aliphatic heterocycles. The second-order valence-electron chi connectivity index (χ2n) is 4.98. The summed E-state index contributed by atoms with van der Waals surface area (Å²) in [6.07, 6.45) is 0. The zero-order valence-electron chi connectivity index (χ0n) is 11.5. The highest BCUT2D eigenvalue weighted by atomic mass is 19.3. The van der Waals surface area contributed by atoms with Crippen molar-refractivity contribution >= 4 is 11.7 Å². The van der Waals surface area contributed by atoms with Crippen molar-refractivity contribution < 1.29 is 23.4 Å². The van der Waals surface area contributed by atoms with E-state index in [9.17, 15) is 13.6 Å². The van der Waals surface area contributed by atoms with E-state index in [1.54, 1.807) is 32.9 Å². The number of carbonyl (C=O) groups is 1. The Balaban J connectivity index is 2.75. The highest BCUT2D eigenvalue weighted by molar-refractivity contribution is 5.90. The summed E-state index contributed by atoms with van der Waals surface area (Å²) in [4.78, 5) is 11.7. The number of rotatable bonds is 5. The van der Waals surface area contributed by atoms with Gasteiger partial charge in [0.05, 0.1) is 12.1 Å². The minimum Gasteiger partial charge on any atom is -0.434 e. The number of benzene rings is 1. The number of aryl methyl sites for hydroxylation is 1. The van der Waals surface area contributed by atoms with Crippen LogP contribution in [-0.2, 0) is 0 Å². The molecule has 0 aliphatic rings. The molecule has 0 saturated heterocycles. The quantitative estimate of drug-likeness (QED) is 0.779. The molecule has 3 N–H and O–H groups in total. The molecule has 20 heavy (non-hydrogen) atoms. The Bertz CT molecular complexity index is 479. The van der Waals surface area contributed by atoms with Crippen molar-refractivity contribution in [1.82, 2.24) is 5.32 Å². The monoisotopic (exact) mass is 288 g/mol. The summed E-state index contributed by atoms with van der Waals surface area (Å²) >= 11 is 0. The maximum Gasteiger partial charge on any atom is 0.387 e. The van der Waals surface area contributed by atoms with Crippen molar-refractivity contribution in [3.05, 3.63) is 23.8 Å². The molecule has 0 saturated carbocycles. The van der Waals surface area contributed by atoms with Crippen LogP contribution >= 0.6 is 0 Å². The maximum absolute atomic E-state index is 12.2. The van der Waals surface area contributed by atoms with E-state index in [4.69, 9.17) is 5.11 Å². The zero-order valence-corrected chi connectivity index (χ0v) is 11.5. The maximum atomic E-state index is 12.2. The number of aliphatic hydroxyl groups excluding tert-OH is 1. The molecule has 0 bridgehead atoms. The summed E-state index contributed by atoms with van der Waals surface area (Å²) in [6, 6.07) is 3.90. The number of nitrogens with one attached hydrogen (secondary N) is 2. The molecule has 0 heterocycles. The van der Waals surface area contributed by atoms with Crippen LogP contribution in [0.4, 0.5) is 19.3 Å². The number of amides is 2. The molecule has 0 atom stereocenters. The lowest BCUT2D eigenvalue weighted by Crippen LogP contribution is -2.48. The summed E-state index contributed by atoms with van der Waals surface area (Å²) in [5.41, 5.74) is 0.0707. The summed E-state index contributed by atoms with van der Waals surface area (Å²) in [5, 5.41) is 14.1. The van der Waals surface area contributed by atoms with Gasteiger partial charge in [0.15, 0.2) is 0 Å². The summed E-state index contributed by atoms with van der Waals surface area (Å²) < 4.78 is 28.8. The molecule has 0 fully saturated rings. The van der Waals surface area contributed by atoms with E-state index in [2.05, 4.69) is 15.4 Å². The van der Waals surface area contributed by atoms with Gasteiger partial charge in [-0.25, -0.2) is 4.79 Å². The molecule has 1 rings (SSSR count). The molecule has 112 valence electrons. The number of alkyl halides is 2. The molecule has 2 amide bonds. The van der Waals surface area contributed by atoms with E-state index >= 15 is 0 Å². The number of hydrogen-bond donors (Lipinski definition) is 3. The van der Waals surface area contributed by atoms with Gasteiger partial charge in [0.1, 0.15) is 5.75 Å². The fourth-order valence-corrected chi connectivity index (χ4v) is 1.41. The molecular weight excluding hydrogens is 270 g/mol. The molecule has 0 spiro atoms. The van der Waals surface area contributed by atoms with E-state index < -0.39 is 18.2 Å². The van der Waals surface area contributed by atoms with Crippen molar-refractivity contribution in [2.24, 2.45) is 0 Å². The van der Waals surface area contributed by atoms with Gasteiger partial charge in [0.25, 0.3) is 0 Å². The SMILES string of the molecule is Cc1ccc(NC(=O)NC(C)(C)CO)cc1OC(F)F. The van der Waals surface area contributed by atoms with E-state index in [0.717, 1.165) is 0 Å². The number of halogens is 2. The van der Waals surface area contributed by atoms with Crippen molar-refractivity contribution in [1.29, 1.82) is 0 Å². The Hall–Kier alpha value is -1.89. The van der Waals surface area contributed by atoms with Crippen LogP contribution in [0.5, 0.6) is 5.75 Å². The summed E-state index contributed by atoms with van der Waals surface area (Å²) in [5.74, 6) is -0.000724. The van der Waals surface area contributed by atoms with Crippen LogP contribution in [0.15, 0.2) is 18.2 Å². The van der Waals surface area contributed by atoms with Crippen molar-refractivity contribution in [2.75, 3.05) is 11.9 Å². The van der Waals surface area contributed by atoms with Gasteiger partial charge in [-0.3, -0.25) is 0 Å². The standard InChI is InChI=1S/C13H18F2N2O3/c1-8-4-5-9(6-10(8)20-11(14)15)16-12(19)17-13(2,3)7-18/h4-6,11,18H,7H2,1-3H3,(H2,16,17,19). The topological polar surface area (TPSA) is 70.6 Å². The molecule has 5 nitrogen and oxygen atoms in total. The second kappa shape index (κ2) is 6.51. The van der Waals surface area contributed by atoms with Crippen LogP contribution in [0.1, 0.15) is 19.4 Å². The number of urea groups is 1. The smallest absolute Gasteiger partial charge is 0.387 e. The first-order chi connectivity index (χ1) is 9.23. The largest absolute Gasteiger partial charge is 0.434 e. The van der Waals surface area contributed by atoms with Crippen LogP contribution in [-0.4, -0.2) is 29.9 Å². The normalized spacial score (nSPS) is 11.3. The Morgan fingerprint density at radius 2 is 2.10 bits per heavy atom. The van der Waals surface area contributed by atoms with E-state index in [-0.39, 0.29) is 12.4 Å². The molecule has 7 heteroatoms. The second-order valence-corrected chi connectivity index (χ2v) is 4.98. The van der Waals surface area contributed by atoms with Gasteiger partial charge in [-0.1, -0.05) is 6.07 Å². The van der Waals surface area contributed by atoms with E-state index in [1.165, 1.54) is 6.07 Å². The van der Waals surface area contributed by atoms with Crippen LogP contribution in [0.3, 0.4) is 0 Å². The van der Waals surface area contributed by atoms with Gasteiger partial charge in [0, 0.05) is 11.8 Å². The average Bonchev–Trinajstić information content (AvgIpc) is 2.32. The van der Waals surface area contributed by atoms with Crippen LogP contribution in [0.25, 0.3) is 0 Å². The van der Waals surface area contributed by atoms with E-state index in [0.29, 0.717) is 11.3 Å². The molecule has 0 radical (unpaired) electrons. The Labute approximate surface area is 115 Å². The first kappa shape index (κ1) is 16.2. The number of hydrogen-bond acceptors (Lipinski definition) is 3. The van der Waals surface area contributed by atoms with Gasteiger partial charge in [-0.05, 0) is 32.4 Å². The van der Waals surface area contributed by atoms with Gasteiger partial charge in [0.2, 0.25) is 0 Å². The predicted octanol–water partition coefficient (Wildman–Crippen LogP) is 2.49. The molecule has 0 aromatic heterocycles. The third-order valence-electron chi connectivity index (χ3n) is 2.51. The van der Waals surface area contributed by atoms with Crippen LogP contribution in [0, 0.1) is 6.92 Å². The number of carbonyl (C=O) groups excluding carboxylic acids is 1. The van der Waals surface area contributed by atoms with E-state index in [1.807, 2.05) is 0 Å². The molecule has 1 aromatic rings. The van der Waals surface area contributed by atoms with Crippen LogP contribution in [0.2, 0.25) is 0 Å². The first-order valence-corrected chi connectivity index (χ1v) is 5.99. The lowest BCUT2D eigenvalue weighted by Gasteiger charge is -2.23. The van der Waals surface area contributed by atoms with Gasteiger partial charge >= 0.3 is 12.6 Å². The Kier molecular flexibility index (Phi) is 5.26. The highest BCUT2D eigenvalue weighted by Gasteiger charge is 2.19. The molecule has 0 aliphatic carbocycles. The molecular formula is C13H18F2N2O3. The van der Waals surface area contributed by atoms with Gasteiger partial charge < -0.3 is 20.5 Å². The Morgan fingerprint density at radius 1 is 1.45 bits per heavy atom. The molecule has 1 aromatic carbocycles. The predicted molar refractivity (Wildman–Crippen MR) is 71.1 cm³/mol. The van der Waals surface area contributed by atoms with Crippen molar-refractivity contribution in [3.8, 4) is 5.75 Å². The minimum absolute atomic E-state index is 0.000724.